The Bertz CT molecular complexity index is 797. The predicted molar refractivity (Wildman–Crippen MR) is 109 cm³/mol. The van der Waals surface area contributed by atoms with E-state index < -0.39 is 0 Å². The highest BCUT2D eigenvalue weighted by Crippen LogP contribution is 2.20. The quantitative estimate of drug-likeness (QED) is 0.765. The second-order valence-corrected chi connectivity index (χ2v) is 7.47. The SMILES string of the molecule is Cn1nc(C(=O)NCCCN2CCN(c3ccccc3)CC2)c2c1CCOC2. The molecule has 3 heterocycles. The molecule has 0 saturated carbocycles. The summed E-state index contributed by atoms with van der Waals surface area (Å²) in [7, 11) is 1.90. The van der Waals surface area contributed by atoms with Gasteiger partial charge in [-0.15, -0.1) is 0 Å². The molecule has 1 fully saturated rings. The number of benzene rings is 1. The van der Waals surface area contributed by atoms with Crippen LogP contribution in [0.3, 0.4) is 0 Å². The average Bonchev–Trinajstić information content (AvgIpc) is 3.09. The fraction of sp³-hybridized carbons (Fsp3) is 0.524. The Morgan fingerprint density at radius 2 is 1.96 bits per heavy atom. The summed E-state index contributed by atoms with van der Waals surface area (Å²) in [6.07, 6.45) is 1.77. The molecule has 0 bridgehead atoms. The van der Waals surface area contributed by atoms with Crippen LogP contribution in [0.4, 0.5) is 5.69 Å². The van der Waals surface area contributed by atoms with Gasteiger partial charge >= 0.3 is 0 Å². The van der Waals surface area contributed by atoms with E-state index in [-0.39, 0.29) is 5.91 Å². The standard InChI is InChI=1S/C21H29N5O2/c1-24-19-8-15-28-16-18(19)20(23-24)21(27)22-9-5-10-25-11-13-26(14-12-25)17-6-3-2-4-7-17/h2-4,6-7H,5,8-16H2,1H3,(H,22,27). The van der Waals surface area contributed by atoms with E-state index in [4.69, 9.17) is 4.74 Å². The minimum Gasteiger partial charge on any atom is -0.376 e. The highest BCUT2D eigenvalue weighted by Gasteiger charge is 2.24. The fourth-order valence-electron chi connectivity index (χ4n) is 4.05. The smallest absolute Gasteiger partial charge is 0.272 e. The molecule has 0 atom stereocenters. The van der Waals surface area contributed by atoms with E-state index in [1.54, 1.807) is 0 Å². The number of hydrogen-bond acceptors (Lipinski definition) is 5. The van der Waals surface area contributed by atoms with Crippen molar-refractivity contribution < 1.29 is 9.53 Å². The Balaban J connectivity index is 1.19. The third-order valence-corrected chi connectivity index (χ3v) is 5.65. The van der Waals surface area contributed by atoms with Crippen molar-refractivity contribution in [2.45, 2.75) is 19.4 Å². The molecule has 7 nitrogen and oxygen atoms in total. The highest BCUT2D eigenvalue weighted by atomic mass is 16.5. The first-order valence-electron chi connectivity index (χ1n) is 10.2. The van der Waals surface area contributed by atoms with E-state index >= 15 is 0 Å². The summed E-state index contributed by atoms with van der Waals surface area (Å²) in [6.45, 7) is 7.09. The molecule has 2 aromatic rings. The Kier molecular flexibility index (Phi) is 5.92. The first-order valence-corrected chi connectivity index (χ1v) is 10.2. The molecule has 0 radical (unpaired) electrons. The van der Waals surface area contributed by atoms with Crippen molar-refractivity contribution in [3.8, 4) is 0 Å². The molecule has 0 unspecified atom stereocenters. The number of carbonyl (C=O) groups is 1. The summed E-state index contributed by atoms with van der Waals surface area (Å²) in [5, 5.41) is 7.44. The molecule has 150 valence electrons. The highest BCUT2D eigenvalue weighted by molar-refractivity contribution is 5.94. The van der Waals surface area contributed by atoms with Gasteiger partial charge in [-0.2, -0.15) is 5.10 Å². The van der Waals surface area contributed by atoms with Crippen molar-refractivity contribution in [1.29, 1.82) is 0 Å². The monoisotopic (exact) mass is 383 g/mol. The first-order chi connectivity index (χ1) is 13.7. The molecule has 1 aromatic heterocycles. The van der Waals surface area contributed by atoms with Gasteiger partial charge in [0, 0.05) is 63.1 Å². The summed E-state index contributed by atoms with van der Waals surface area (Å²) in [5.41, 5.74) is 3.89. The maximum Gasteiger partial charge on any atom is 0.272 e. The van der Waals surface area contributed by atoms with E-state index in [0.717, 1.165) is 56.8 Å². The molecule has 28 heavy (non-hydrogen) atoms. The average molecular weight is 383 g/mol. The van der Waals surface area contributed by atoms with E-state index in [1.165, 1.54) is 5.69 Å². The normalized spacial score (nSPS) is 17.4. The van der Waals surface area contributed by atoms with Crippen LogP contribution in [0.15, 0.2) is 30.3 Å². The number of amides is 1. The third-order valence-electron chi connectivity index (χ3n) is 5.65. The van der Waals surface area contributed by atoms with Crippen molar-refractivity contribution >= 4 is 11.6 Å². The van der Waals surface area contributed by atoms with Crippen LogP contribution < -0.4 is 10.2 Å². The van der Waals surface area contributed by atoms with Crippen molar-refractivity contribution in [3.05, 3.63) is 47.3 Å². The van der Waals surface area contributed by atoms with Gasteiger partial charge in [-0.25, -0.2) is 0 Å². The molecule has 2 aliphatic heterocycles. The summed E-state index contributed by atoms with van der Waals surface area (Å²) in [5.74, 6) is -0.0868. The lowest BCUT2D eigenvalue weighted by molar-refractivity contribution is 0.0923. The lowest BCUT2D eigenvalue weighted by Gasteiger charge is -2.36. The second kappa shape index (κ2) is 8.75. The van der Waals surface area contributed by atoms with Gasteiger partial charge in [0.05, 0.1) is 13.2 Å². The Labute approximate surface area is 166 Å². The molecule has 7 heteroatoms. The molecule has 2 aliphatic rings. The number of nitrogens with one attached hydrogen (secondary N) is 1. The van der Waals surface area contributed by atoms with Crippen LogP contribution in [0.1, 0.15) is 28.2 Å². The minimum atomic E-state index is -0.0868. The number of hydrogen-bond donors (Lipinski definition) is 1. The first kappa shape index (κ1) is 19.0. The van der Waals surface area contributed by atoms with Crippen molar-refractivity contribution in [1.82, 2.24) is 20.0 Å². The van der Waals surface area contributed by atoms with Crippen LogP contribution in [-0.2, 0) is 24.8 Å². The number of fused-ring (bicyclic) bond motifs is 1. The van der Waals surface area contributed by atoms with Gasteiger partial charge in [0.2, 0.25) is 0 Å². The van der Waals surface area contributed by atoms with Crippen molar-refractivity contribution in [3.63, 3.8) is 0 Å². The molecule has 1 aromatic carbocycles. The van der Waals surface area contributed by atoms with E-state index in [9.17, 15) is 4.79 Å². The number of para-hydroxylation sites is 1. The zero-order valence-electron chi connectivity index (χ0n) is 16.6. The summed E-state index contributed by atoms with van der Waals surface area (Å²) in [6, 6.07) is 10.6. The number of aromatic nitrogens is 2. The third kappa shape index (κ3) is 4.20. The number of carbonyl (C=O) groups excluding carboxylic acids is 1. The van der Waals surface area contributed by atoms with Gasteiger partial charge in [-0.3, -0.25) is 14.4 Å². The van der Waals surface area contributed by atoms with Crippen LogP contribution in [0, 0.1) is 0 Å². The van der Waals surface area contributed by atoms with Crippen LogP contribution in [0.25, 0.3) is 0 Å². The number of anilines is 1. The van der Waals surface area contributed by atoms with Crippen LogP contribution in [0.2, 0.25) is 0 Å². The van der Waals surface area contributed by atoms with E-state index in [2.05, 4.69) is 50.5 Å². The summed E-state index contributed by atoms with van der Waals surface area (Å²) in [4.78, 5) is 17.4. The zero-order chi connectivity index (χ0) is 19.3. The van der Waals surface area contributed by atoms with Crippen molar-refractivity contribution in [2.24, 2.45) is 7.05 Å². The van der Waals surface area contributed by atoms with Gasteiger partial charge in [0.25, 0.3) is 5.91 Å². The fourth-order valence-corrected chi connectivity index (χ4v) is 4.05. The van der Waals surface area contributed by atoms with Crippen LogP contribution >= 0.6 is 0 Å². The largest absolute Gasteiger partial charge is 0.376 e. The number of ether oxygens (including phenoxy) is 1. The van der Waals surface area contributed by atoms with Gasteiger partial charge in [0.1, 0.15) is 0 Å². The Morgan fingerprint density at radius 1 is 1.18 bits per heavy atom. The molecular formula is C21H29N5O2. The lowest BCUT2D eigenvalue weighted by Crippen LogP contribution is -2.47. The molecular weight excluding hydrogens is 354 g/mol. The van der Waals surface area contributed by atoms with Crippen LogP contribution in [0.5, 0.6) is 0 Å². The van der Waals surface area contributed by atoms with E-state index in [0.29, 0.717) is 25.5 Å². The van der Waals surface area contributed by atoms with Crippen LogP contribution in [-0.4, -0.2) is 66.5 Å². The summed E-state index contributed by atoms with van der Waals surface area (Å²) < 4.78 is 7.32. The van der Waals surface area contributed by atoms with Gasteiger partial charge in [-0.1, -0.05) is 18.2 Å². The minimum absolute atomic E-state index is 0.0868. The van der Waals surface area contributed by atoms with E-state index in [1.807, 2.05) is 11.7 Å². The van der Waals surface area contributed by atoms with Gasteiger partial charge in [-0.05, 0) is 25.1 Å². The number of nitrogens with zero attached hydrogens (tertiary/aromatic N) is 4. The van der Waals surface area contributed by atoms with Gasteiger partial charge in [0.15, 0.2) is 5.69 Å². The summed E-state index contributed by atoms with van der Waals surface area (Å²) >= 11 is 0. The molecule has 1 N–H and O–H groups in total. The maximum absolute atomic E-state index is 12.5. The number of aryl methyl sites for hydroxylation is 1. The topological polar surface area (TPSA) is 62.6 Å². The molecule has 0 spiro atoms. The predicted octanol–water partition coefficient (Wildman–Crippen LogP) is 1.43. The molecule has 4 rings (SSSR count). The number of rotatable bonds is 6. The molecule has 1 saturated heterocycles. The van der Waals surface area contributed by atoms with Gasteiger partial charge < -0.3 is 15.0 Å². The molecule has 0 aliphatic carbocycles. The lowest BCUT2D eigenvalue weighted by atomic mass is 10.1. The number of piperazine rings is 1. The Hall–Kier alpha value is -2.38. The zero-order valence-corrected chi connectivity index (χ0v) is 16.6. The molecule has 1 amide bonds. The second-order valence-electron chi connectivity index (χ2n) is 7.47. The Morgan fingerprint density at radius 3 is 2.75 bits per heavy atom. The maximum atomic E-state index is 12.5. The van der Waals surface area contributed by atoms with Crippen molar-refractivity contribution in [2.75, 3.05) is 50.8 Å².